The van der Waals surface area contributed by atoms with Gasteiger partial charge in [-0.05, 0) is 102 Å². The maximum Gasteiger partial charge on any atom is 0.318 e. The molecular weight excluding hydrogens is 562 g/mol. The van der Waals surface area contributed by atoms with Gasteiger partial charge in [0.25, 0.3) is 0 Å². The quantitative estimate of drug-likeness (QED) is 0.185. The van der Waals surface area contributed by atoms with Crippen molar-refractivity contribution in [3.05, 3.63) is 131 Å². The molecular formula is C38H36N2OP2. The zero-order chi connectivity index (χ0) is 28.8. The third-order valence-electron chi connectivity index (χ3n) is 10.7. The highest BCUT2D eigenvalue weighted by molar-refractivity contribution is 7.50. The highest BCUT2D eigenvalue weighted by Gasteiger charge is 2.51. The van der Waals surface area contributed by atoms with Gasteiger partial charge in [-0.15, -0.1) is 9.24 Å². The normalized spacial score (nSPS) is 22.1. The van der Waals surface area contributed by atoms with Crippen molar-refractivity contribution in [1.29, 1.82) is 0 Å². The minimum absolute atomic E-state index is 0.395. The van der Waals surface area contributed by atoms with Crippen LogP contribution in [0.5, 0.6) is 5.75 Å². The molecule has 0 spiro atoms. The minimum Gasteiger partial charge on any atom is -0.436 e. The van der Waals surface area contributed by atoms with Crippen molar-refractivity contribution >= 4 is 44.8 Å². The van der Waals surface area contributed by atoms with Crippen LogP contribution in [0.2, 0.25) is 0 Å². The highest BCUT2D eigenvalue weighted by atomic mass is 31.2. The summed E-state index contributed by atoms with van der Waals surface area (Å²) in [7, 11) is 1.77. The van der Waals surface area contributed by atoms with Crippen molar-refractivity contribution in [3.63, 3.8) is 0 Å². The lowest BCUT2D eigenvalue weighted by Gasteiger charge is -2.45. The zero-order valence-electron chi connectivity index (χ0n) is 24.7. The van der Waals surface area contributed by atoms with E-state index in [2.05, 4.69) is 129 Å². The third-order valence-corrected chi connectivity index (χ3v) is 12.9. The summed E-state index contributed by atoms with van der Waals surface area (Å²) in [6.45, 7) is 4.43. The monoisotopic (exact) mass is 598 g/mol. The Morgan fingerprint density at radius 1 is 0.744 bits per heavy atom. The van der Waals surface area contributed by atoms with Gasteiger partial charge in [0, 0.05) is 34.6 Å². The molecule has 1 fully saturated rings. The van der Waals surface area contributed by atoms with Gasteiger partial charge in [-0.25, -0.2) is 0 Å². The smallest absolute Gasteiger partial charge is 0.318 e. The number of para-hydroxylation sites is 2. The van der Waals surface area contributed by atoms with Gasteiger partial charge in [0.2, 0.25) is 0 Å². The average molecular weight is 599 g/mol. The molecule has 3 nitrogen and oxygen atoms in total. The number of hydrogen-bond donors (Lipinski definition) is 0. The predicted molar refractivity (Wildman–Crippen MR) is 183 cm³/mol. The van der Waals surface area contributed by atoms with E-state index in [0.717, 1.165) is 17.6 Å². The molecule has 5 unspecified atom stereocenters. The van der Waals surface area contributed by atoms with E-state index in [0.29, 0.717) is 11.8 Å². The van der Waals surface area contributed by atoms with Crippen LogP contribution in [0.15, 0.2) is 97.3 Å². The first-order valence-electron chi connectivity index (χ1n) is 15.7. The van der Waals surface area contributed by atoms with Crippen molar-refractivity contribution in [2.45, 2.75) is 51.4 Å². The van der Waals surface area contributed by atoms with Gasteiger partial charge in [0.15, 0.2) is 0 Å². The Hall–Kier alpha value is -3.38. The van der Waals surface area contributed by atoms with Gasteiger partial charge in [-0.1, -0.05) is 73.2 Å². The number of aryl methyl sites for hydroxylation is 2. The molecule has 2 heterocycles. The molecule has 0 N–H and O–H groups in total. The molecule has 2 aromatic heterocycles. The molecule has 0 amide bonds. The molecule has 0 radical (unpaired) electrons. The number of fused-ring (bicyclic) bond motifs is 10. The molecule has 5 heteroatoms. The van der Waals surface area contributed by atoms with E-state index in [1.807, 2.05) is 0 Å². The van der Waals surface area contributed by atoms with Crippen molar-refractivity contribution in [2.24, 2.45) is 11.8 Å². The van der Waals surface area contributed by atoms with Crippen molar-refractivity contribution in [2.75, 3.05) is 0 Å². The standard InChI is InChI=1S/C38H36N2OP2/c1-23-21-39(31-16-5-3-12-27(23)31)43(40-22-24(2)28-13-4-6-17-32(28)40)41-33-18-8-11-26-20-25-10-7-14-29(25)36-30-15-9-19-34(42)37(30)38(36)35(26)33/h3-6,8-9,11-13,15-19,21-22,25,29,36,38H,7,10,14,20,42H2,1-2H3. The van der Waals surface area contributed by atoms with Crippen LogP contribution in [-0.2, 0) is 6.42 Å². The lowest BCUT2D eigenvalue weighted by molar-refractivity contribution is 0.292. The SMILES string of the molecule is Cc1cn(P(Oc2cccc3c2C2c4c(P)cccc4C2C2CCCC2C3)n2cc(C)c3ccccc32)c2ccccc12. The van der Waals surface area contributed by atoms with E-state index < -0.39 is 8.45 Å². The summed E-state index contributed by atoms with van der Waals surface area (Å²) >= 11 is 0. The maximum absolute atomic E-state index is 7.50. The van der Waals surface area contributed by atoms with E-state index >= 15 is 0 Å². The van der Waals surface area contributed by atoms with Crippen LogP contribution in [-0.4, -0.2) is 8.68 Å². The molecule has 0 bridgehead atoms. The third kappa shape index (κ3) is 3.81. The van der Waals surface area contributed by atoms with Gasteiger partial charge >= 0.3 is 8.45 Å². The summed E-state index contributed by atoms with van der Waals surface area (Å²) in [6.07, 6.45) is 9.84. The van der Waals surface area contributed by atoms with Crippen molar-refractivity contribution in [3.8, 4) is 5.75 Å². The van der Waals surface area contributed by atoms with Gasteiger partial charge in [0.1, 0.15) is 5.75 Å². The summed E-state index contributed by atoms with van der Waals surface area (Å²) in [5.41, 5.74) is 11.0. The summed E-state index contributed by atoms with van der Waals surface area (Å²) in [5.74, 6) is 3.57. The molecule has 9 rings (SSSR count). The second-order valence-electron chi connectivity index (χ2n) is 12.9. The van der Waals surface area contributed by atoms with Crippen LogP contribution in [0, 0.1) is 25.7 Å². The van der Waals surface area contributed by atoms with Crippen LogP contribution >= 0.6 is 17.7 Å². The minimum atomic E-state index is -1.28. The first-order chi connectivity index (χ1) is 21.1. The molecule has 3 aliphatic rings. The lowest BCUT2D eigenvalue weighted by Crippen LogP contribution is -2.35. The molecule has 5 atom stereocenters. The largest absolute Gasteiger partial charge is 0.436 e. The Kier molecular flexibility index (Phi) is 5.95. The Balaban J connectivity index is 1.26. The zero-order valence-corrected chi connectivity index (χ0v) is 26.8. The fraction of sp³-hybridized carbons (Fsp3) is 0.263. The van der Waals surface area contributed by atoms with E-state index in [1.54, 1.807) is 5.56 Å². The molecule has 1 saturated carbocycles. The molecule has 0 saturated heterocycles. The first kappa shape index (κ1) is 26.1. The van der Waals surface area contributed by atoms with Crippen LogP contribution in [0.3, 0.4) is 0 Å². The first-order valence-corrected chi connectivity index (χ1v) is 17.4. The molecule has 3 aliphatic carbocycles. The molecule has 0 aliphatic heterocycles. The number of hydrogen-bond acceptors (Lipinski definition) is 1. The van der Waals surface area contributed by atoms with E-state index in [1.165, 1.54) is 80.6 Å². The Morgan fingerprint density at radius 3 is 2.14 bits per heavy atom. The lowest BCUT2D eigenvalue weighted by atomic mass is 9.59. The summed E-state index contributed by atoms with van der Waals surface area (Å²) in [4.78, 5) is 0. The summed E-state index contributed by atoms with van der Waals surface area (Å²) in [6, 6.07) is 31.4. The van der Waals surface area contributed by atoms with Gasteiger partial charge in [-0.2, -0.15) is 0 Å². The van der Waals surface area contributed by atoms with E-state index in [9.17, 15) is 0 Å². The predicted octanol–water partition coefficient (Wildman–Crippen LogP) is 9.62. The fourth-order valence-corrected chi connectivity index (χ4v) is 11.2. The Bertz CT molecular complexity index is 1970. The summed E-state index contributed by atoms with van der Waals surface area (Å²) < 4.78 is 12.3. The number of benzene rings is 4. The van der Waals surface area contributed by atoms with Crippen LogP contribution in [0.4, 0.5) is 0 Å². The van der Waals surface area contributed by atoms with Crippen molar-refractivity contribution < 1.29 is 4.52 Å². The fourth-order valence-electron chi connectivity index (χ4n) is 8.81. The summed E-state index contributed by atoms with van der Waals surface area (Å²) in [5, 5.41) is 3.91. The number of rotatable bonds is 4. The van der Waals surface area contributed by atoms with Crippen LogP contribution in [0.1, 0.15) is 64.5 Å². The average Bonchev–Trinajstić information content (AvgIpc) is 3.68. The van der Waals surface area contributed by atoms with Gasteiger partial charge in [0.05, 0.1) is 11.0 Å². The maximum atomic E-state index is 7.50. The van der Waals surface area contributed by atoms with Gasteiger partial charge in [-0.3, -0.25) is 8.68 Å². The second kappa shape index (κ2) is 9.82. The molecule has 214 valence electrons. The van der Waals surface area contributed by atoms with E-state index in [4.69, 9.17) is 4.52 Å². The van der Waals surface area contributed by atoms with Crippen molar-refractivity contribution in [1.82, 2.24) is 8.68 Å². The van der Waals surface area contributed by atoms with Crippen LogP contribution in [0.25, 0.3) is 21.8 Å². The highest BCUT2D eigenvalue weighted by Crippen LogP contribution is 2.63. The molecule has 6 aromatic rings. The second-order valence-corrected chi connectivity index (χ2v) is 15.1. The molecule has 43 heavy (non-hydrogen) atoms. The van der Waals surface area contributed by atoms with E-state index in [-0.39, 0.29) is 0 Å². The Morgan fingerprint density at radius 2 is 1.42 bits per heavy atom. The van der Waals surface area contributed by atoms with Gasteiger partial charge < -0.3 is 4.52 Å². The topological polar surface area (TPSA) is 19.1 Å². The number of nitrogens with zero attached hydrogens (tertiary/aromatic N) is 2. The Labute approximate surface area is 257 Å². The molecule has 4 aromatic carbocycles. The number of aromatic nitrogens is 2. The van der Waals surface area contributed by atoms with Crippen LogP contribution < -0.4 is 9.83 Å².